The molecular weight excluding hydrogens is 454 g/mol. The van der Waals surface area contributed by atoms with Gasteiger partial charge in [0.2, 0.25) is 0 Å². The number of nitrogens with zero attached hydrogens (tertiary/aromatic N) is 5. The third-order valence-electron chi connectivity index (χ3n) is 7.12. The molecule has 1 aliphatic heterocycles. The standard InChI is InChI=1S/C27H37N7O2/c1-16-14-33(15-17(2)31-16)25(28-6)13-29-20(5)32-24-11-23-22(12-30-24)18(3)26(19(4)35)27(36)34(23)21-9-7-8-10-21/h11-13,16-17,21,31H,6-10,14-15H2,1-5H3,(H,29,30,32)/b25-13+. The molecular formula is C27H37N7O2. The van der Waals surface area contributed by atoms with Crippen molar-refractivity contribution in [1.29, 1.82) is 0 Å². The predicted molar refractivity (Wildman–Crippen MR) is 146 cm³/mol. The van der Waals surface area contributed by atoms with Crippen molar-refractivity contribution in [2.24, 2.45) is 9.98 Å². The van der Waals surface area contributed by atoms with Crippen LogP contribution in [0.4, 0.5) is 5.82 Å². The first-order valence-corrected chi connectivity index (χ1v) is 12.7. The Balaban J connectivity index is 1.67. The zero-order valence-electron chi connectivity index (χ0n) is 22.0. The van der Waals surface area contributed by atoms with Gasteiger partial charge in [-0.2, -0.15) is 0 Å². The molecule has 4 rings (SSSR count). The molecule has 9 nitrogen and oxygen atoms in total. The number of hydrogen-bond donors (Lipinski definition) is 2. The maximum atomic E-state index is 13.4. The summed E-state index contributed by atoms with van der Waals surface area (Å²) in [7, 11) is 0. The lowest BCUT2D eigenvalue weighted by molar-refractivity contribution is 0.101. The highest BCUT2D eigenvalue weighted by Crippen LogP contribution is 2.32. The highest BCUT2D eigenvalue weighted by molar-refractivity contribution is 6.01. The van der Waals surface area contributed by atoms with E-state index in [-0.39, 0.29) is 22.9 Å². The lowest BCUT2D eigenvalue weighted by Crippen LogP contribution is -2.53. The molecule has 2 aromatic rings. The monoisotopic (exact) mass is 491 g/mol. The van der Waals surface area contributed by atoms with Gasteiger partial charge < -0.3 is 20.1 Å². The van der Waals surface area contributed by atoms with E-state index < -0.39 is 0 Å². The third kappa shape index (κ3) is 5.26. The van der Waals surface area contributed by atoms with E-state index in [4.69, 9.17) is 0 Å². The second kappa shape index (κ2) is 10.7. The number of aryl methyl sites for hydroxylation is 1. The Morgan fingerprint density at radius 1 is 1.22 bits per heavy atom. The molecule has 2 fully saturated rings. The first-order valence-electron chi connectivity index (χ1n) is 12.7. The van der Waals surface area contributed by atoms with Crippen LogP contribution in [0.1, 0.15) is 75.3 Å². The van der Waals surface area contributed by atoms with Crippen LogP contribution in [-0.4, -0.2) is 58.0 Å². The van der Waals surface area contributed by atoms with Crippen molar-refractivity contribution in [3.05, 3.63) is 45.8 Å². The van der Waals surface area contributed by atoms with Crippen molar-refractivity contribution in [3.63, 3.8) is 0 Å². The molecule has 192 valence electrons. The third-order valence-corrected chi connectivity index (χ3v) is 7.12. The van der Waals surface area contributed by atoms with Gasteiger partial charge in [-0.15, -0.1) is 0 Å². The second-order valence-corrected chi connectivity index (χ2v) is 10.1. The quantitative estimate of drug-likeness (QED) is 0.359. The van der Waals surface area contributed by atoms with Gasteiger partial charge in [-0.3, -0.25) is 9.59 Å². The summed E-state index contributed by atoms with van der Waals surface area (Å²) >= 11 is 0. The van der Waals surface area contributed by atoms with E-state index in [9.17, 15) is 9.59 Å². The topological polar surface area (TPSA) is 104 Å². The fourth-order valence-electron chi connectivity index (χ4n) is 5.57. The number of carbonyl (C=O) groups excluding carboxylic acids is 1. The molecule has 0 amide bonds. The Hall–Kier alpha value is -3.33. The molecule has 1 aliphatic carbocycles. The van der Waals surface area contributed by atoms with Crippen LogP contribution in [0.25, 0.3) is 10.9 Å². The fraction of sp³-hybridized carbons (Fsp3) is 0.519. The number of ketones is 1. The van der Waals surface area contributed by atoms with E-state index in [1.165, 1.54) is 6.92 Å². The summed E-state index contributed by atoms with van der Waals surface area (Å²) in [5.74, 6) is 1.76. The largest absolute Gasteiger partial charge is 0.352 e. The summed E-state index contributed by atoms with van der Waals surface area (Å²) in [6.45, 7) is 14.8. The van der Waals surface area contributed by atoms with Crippen molar-refractivity contribution in [2.45, 2.75) is 78.4 Å². The van der Waals surface area contributed by atoms with E-state index in [1.807, 2.05) is 24.5 Å². The molecule has 36 heavy (non-hydrogen) atoms. The van der Waals surface area contributed by atoms with Crippen LogP contribution >= 0.6 is 0 Å². The molecule has 1 saturated heterocycles. The van der Waals surface area contributed by atoms with E-state index in [1.54, 1.807) is 12.4 Å². The number of aromatic nitrogens is 2. The molecule has 2 aliphatic rings. The van der Waals surface area contributed by atoms with Crippen molar-refractivity contribution in [3.8, 4) is 0 Å². The number of rotatable bonds is 6. The Morgan fingerprint density at radius 3 is 2.50 bits per heavy atom. The van der Waals surface area contributed by atoms with Crippen molar-refractivity contribution in [2.75, 3.05) is 18.4 Å². The van der Waals surface area contributed by atoms with E-state index >= 15 is 0 Å². The second-order valence-electron chi connectivity index (χ2n) is 10.1. The van der Waals surface area contributed by atoms with Gasteiger partial charge in [0.15, 0.2) is 5.78 Å². The molecule has 9 heteroatoms. The summed E-state index contributed by atoms with van der Waals surface area (Å²) in [5.41, 5.74) is 1.55. The van der Waals surface area contributed by atoms with Crippen LogP contribution in [-0.2, 0) is 0 Å². The van der Waals surface area contributed by atoms with Crippen LogP contribution in [0.5, 0.6) is 0 Å². The number of anilines is 1. The lowest BCUT2D eigenvalue weighted by atomic mass is 10.0. The first kappa shape index (κ1) is 25.8. The van der Waals surface area contributed by atoms with Gasteiger partial charge in [0, 0.05) is 48.9 Å². The number of pyridine rings is 2. The summed E-state index contributed by atoms with van der Waals surface area (Å²) in [4.78, 5) is 41.2. The summed E-state index contributed by atoms with van der Waals surface area (Å²) in [6, 6.07) is 2.69. The van der Waals surface area contributed by atoms with Crippen LogP contribution in [0.2, 0.25) is 0 Å². The van der Waals surface area contributed by atoms with Gasteiger partial charge in [-0.25, -0.2) is 15.0 Å². The van der Waals surface area contributed by atoms with E-state index in [2.05, 4.69) is 51.1 Å². The molecule has 0 aromatic carbocycles. The number of piperazine rings is 1. The summed E-state index contributed by atoms with van der Waals surface area (Å²) in [6.07, 6.45) is 7.51. The SMILES string of the molecule is C=N/C(=C\N=C(C)Nc1cc2c(cn1)c(C)c(C(C)=O)c(=O)n2C1CCCC1)N1CC(C)NC(C)C1. The first-order chi connectivity index (χ1) is 17.2. The van der Waals surface area contributed by atoms with Crippen LogP contribution in [0, 0.1) is 6.92 Å². The van der Waals surface area contributed by atoms with Gasteiger partial charge in [-0.05, 0) is 59.7 Å². The summed E-state index contributed by atoms with van der Waals surface area (Å²) < 4.78 is 1.82. The smallest absolute Gasteiger partial charge is 0.262 e. The van der Waals surface area contributed by atoms with Gasteiger partial charge >= 0.3 is 0 Å². The zero-order chi connectivity index (χ0) is 26.0. The number of aliphatic imine (C=N–C) groups is 2. The normalized spacial score (nSPS) is 21.8. The minimum atomic E-state index is -0.206. The molecule has 2 unspecified atom stereocenters. The average molecular weight is 492 g/mol. The van der Waals surface area contributed by atoms with Crippen molar-refractivity contribution >= 4 is 35.1 Å². The Morgan fingerprint density at radius 2 is 1.89 bits per heavy atom. The van der Waals surface area contributed by atoms with E-state index in [0.29, 0.717) is 29.3 Å². The molecule has 2 aromatic heterocycles. The molecule has 0 spiro atoms. The number of nitrogens with one attached hydrogen (secondary N) is 2. The average Bonchev–Trinajstić information content (AvgIpc) is 3.33. The Kier molecular flexibility index (Phi) is 7.68. The number of amidine groups is 1. The fourth-order valence-corrected chi connectivity index (χ4v) is 5.57. The minimum Gasteiger partial charge on any atom is -0.352 e. The molecule has 3 heterocycles. The summed E-state index contributed by atoms with van der Waals surface area (Å²) in [5, 5.41) is 7.58. The van der Waals surface area contributed by atoms with E-state index in [0.717, 1.165) is 55.5 Å². The lowest BCUT2D eigenvalue weighted by Gasteiger charge is -2.37. The molecule has 2 N–H and O–H groups in total. The van der Waals surface area contributed by atoms with Crippen LogP contribution < -0.4 is 16.2 Å². The van der Waals surface area contributed by atoms with Crippen LogP contribution in [0.3, 0.4) is 0 Å². The van der Waals surface area contributed by atoms with Gasteiger partial charge in [0.25, 0.3) is 5.56 Å². The number of carbonyl (C=O) groups is 1. The molecule has 0 radical (unpaired) electrons. The van der Waals surface area contributed by atoms with Gasteiger partial charge in [0.1, 0.15) is 17.5 Å². The highest BCUT2D eigenvalue weighted by atomic mass is 16.1. The maximum Gasteiger partial charge on any atom is 0.262 e. The number of Topliss-reactive ketones (excluding diaryl/α,β-unsaturated/α-hetero) is 1. The Labute approximate surface area is 212 Å². The molecule has 0 bridgehead atoms. The maximum absolute atomic E-state index is 13.4. The van der Waals surface area contributed by atoms with Crippen LogP contribution in [0.15, 0.2) is 39.1 Å². The van der Waals surface area contributed by atoms with Crippen molar-refractivity contribution in [1.82, 2.24) is 19.8 Å². The zero-order valence-corrected chi connectivity index (χ0v) is 22.0. The molecule has 2 atom stereocenters. The Bertz CT molecular complexity index is 1280. The minimum absolute atomic E-state index is 0.0942. The highest BCUT2D eigenvalue weighted by Gasteiger charge is 2.25. The molecule has 1 saturated carbocycles. The predicted octanol–water partition coefficient (Wildman–Crippen LogP) is 4.03. The van der Waals surface area contributed by atoms with Gasteiger partial charge in [0.05, 0.1) is 17.3 Å². The number of fused-ring (bicyclic) bond motifs is 1. The van der Waals surface area contributed by atoms with Crippen molar-refractivity contribution < 1.29 is 4.79 Å². The number of hydrogen-bond acceptors (Lipinski definition) is 7. The van der Waals surface area contributed by atoms with Gasteiger partial charge in [-0.1, -0.05) is 12.8 Å².